The van der Waals surface area contributed by atoms with Gasteiger partial charge in [0.1, 0.15) is 11.8 Å². The fourth-order valence-corrected chi connectivity index (χ4v) is 3.61. The molecule has 0 atom stereocenters. The molecule has 0 unspecified atom stereocenters. The Balaban J connectivity index is 1.49. The Morgan fingerprint density at radius 3 is 2.96 bits per heavy atom. The molecule has 0 saturated heterocycles. The summed E-state index contributed by atoms with van der Waals surface area (Å²) in [7, 11) is 0. The van der Waals surface area contributed by atoms with E-state index >= 15 is 0 Å². The predicted octanol–water partition coefficient (Wildman–Crippen LogP) is 2.53. The van der Waals surface area contributed by atoms with Crippen LogP contribution in [0.3, 0.4) is 0 Å². The highest BCUT2D eigenvalue weighted by Gasteiger charge is 2.07. The first-order valence-electron chi connectivity index (χ1n) is 7.59. The maximum absolute atomic E-state index is 12.0. The predicted molar refractivity (Wildman–Crippen MR) is 102 cm³/mol. The Morgan fingerprint density at radius 2 is 2.19 bits per heavy atom. The van der Waals surface area contributed by atoms with Crippen LogP contribution in [0.25, 0.3) is 4.96 Å². The van der Waals surface area contributed by atoms with Crippen molar-refractivity contribution < 1.29 is 9.53 Å². The fraction of sp³-hybridized carbons (Fsp3) is 0.176. The summed E-state index contributed by atoms with van der Waals surface area (Å²) < 4.78 is 6.65. The third kappa shape index (κ3) is 4.62. The number of rotatable bonds is 7. The van der Waals surface area contributed by atoms with Crippen molar-refractivity contribution in [2.24, 2.45) is 0 Å². The Kier molecular flexibility index (Phi) is 5.88. The number of carbonyl (C=O) groups is 1. The van der Waals surface area contributed by atoms with Gasteiger partial charge in [0.05, 0.1) is 11.4 Å². The van der Waals surface area contributed by atoms with Crippen molar-refractivity contribution >= 4 is 39.7 Å². The lowest BCUT2D eigenvalue weighted by molar-refractivity contribution is -0.113. The van der Waals surface area contributed by atoms with Gasteiger partial charge in [-0.15, -0.1) is 23.1 Å². The lowest BCUT2D eigenvalue weighted by Crippen LogP contribution is -2.15. The second-order valence-corrected chi connectivity index (χ2v) is 7.01. The molecule has 3 aromatic rings. The first-order valence-corrected chi connectivity index (χ1v) is 9.62. The standard InChI is InChI=1S/C17H14N4O3S2/c18-5-7-24-14-3-1-12(2-4-14)19-15(22)11-25-10-13-9-16(23)21-6-8-26-17(21)20-13/h1-4,6,8-9H,7,10-11H2,(H,19,22). The molecule has 2 heterocycles. The summed E-state index contributed by atoms with van der Waals surface area (Å²) in [5, 5.41) is 13.1. The molecule has 7 nitrogen and oxygen atoms in total. The van der Waals surface area contributed by atoms with Gasteiger partial charge in [0.15, 0.2) is 11.6 Å². The number of benzene rings is 1. The van der Waals surface area contributed by atoms with Gasteiger partial charge in [-0.3, -0.25) is 14.0 Å². The van der Waals surface area contributed by atoms with Gasteiger partial charge in [0, 0.05) is 29.1 Å². The van der Waals surface area contributed by atoms with E-state index in [9.17, 15) is 9.59 Å². The van der Waals surface area contributed by atoms with Crippen molar-refractivity contribution in [2.75, 3.05) is 17.7 Å². The first kappa shape index (κ1) is 18.0. The lowest BCUT2D eigenvalue weighted by Gasteiger charge is -2.06. The molecule has 26 heavy (non-hydrogen) atoms. The molecule has 0 saturated carbocycles. The van der Waals surface area contributed by atoms with Crippen LogP contribution in [0.2, 0.25) is 0 Å². The second-order valence-electron chi connectivity index (χ2n) is 5.15. The Hall–Kier alpha value is -2.83. The zero-order valence-electron chi connectivity index (χ0n) is 13.5. The van der Waals surface area contributed by atoms with Crippen LogP contribution < -0.4 is 15.6 Å². The molecule has 132 valence electrons. The third-order valence-electron chi connectivity index (χ3n) is 3.28. The number of nitriles is 1. The van der Waals surface area contributed by atoms with Crippen LogP contribution in [0.5, 0.6) is 5.75 Å². The second kappa shape index (κ2) is 8.51. The van der Waals surface area contributed by atoms with Crippen LogP contribution in [0.4, 0.5) is 5.69 Å². The largest absolute Gasteiger partial charge is 0.479 e. The number of amides is 1. The number of thiazole rings is 1. The molecule has 1 aromatic carbocycles. The molecule has 0 aliphatic carbocycles. The fourth-order valence-electron chi connectivity index (χ4n) is 2.16. The minimum absolute atomic E-state index is 0.0166. The Labute approximate surface area is 157 Å². The highest BCUT2D eigenvalue weighted by atomic mass is 32.2. The van der Waals surface area contributed by atoms with Gasteiger partial charge in [0.2, 0.25) is 5.91 Å². The monoisotopic (exact) mass is 386 g/mol. The molecule has 0 fully saturated rings. The molecule has 2 aromatic heterocycles. The van der Waals surface area contributed by atoms with Crippen molar-refractivity contribution in [3.05, 3.63) is 58.0 Å². The van der Waals surface area contributed by atoms with Crippen LogP contribution in [0, 0.1) is 11.3 Å². The number of ether oxygens (including phenoxy) is 1. The van der Waals surface area contributed by atoms with Crippen molar-refractivity contribution in [1.29, 1.82) is 5.26 Å². The quantitative estimate of drug-likeness (QED) is 0.670. The van der Waals surface area contributed by atoms with Gasteiger partial charge in [0.25, 0.3) is 5.56 Å². The van der Waals surface area contributed by atoms with Crippen molar-refractivity contribution in [1.82, 2.24) is 9.38 Å². The van der Waals surface area contributed by atoms with E-state index in [1.807, 2.05) is 11.4 Å². The number of hydrogen-bond acceptors (Lipinski definition) is 7. The molecular formula is C17H14N4O3S2. The van der Waals surface area contributed by atoms with Crippen LogP contribution in [0.1, 0.15) is 5.69 Å². The topological polar surface area (TPSA) is 96.5 Å². The van der Waals surface area contributed by atoms with Crippen LogP contribution in [-0.2, 0) is 10.5 Å². The highest BCUT2D eigenvalue weighted by molar-refractivity contribution is 7.99. The van der Waals surface area contributed by atoms with E-state index in [2.05, 4.69) is 10.3 Å². The normalized spacial score (nSPS) is 10.4. The molecule has 0 radical (unpaired) electrons. The molecule has 1 amide bonds. The number of hydrogen-bond donors (Lipinski definition) is 1. The van der Waals surface area contributed by atoms with Crippen LogP contribution >= 0.6 is 23.1 Å². The van der Waals surface area contributed by atoms with Crippen molar-refractivity contribution in [3.8, 4) is 11.8 Å². The van der Waals surface area contributed by atoms with Gasteiger partial charge in [-0.2, -0.15) is 5.26 Å². The molecule has 0 bridgehead atoms. The van der Waals surface area contributed by atoms with E-state index in [-0.39, 0.29) is 23.8 Å². The first-order chi connectivity index (χ1) is 12.7. The molecule has 1 N–H and O–H groups in total. The number of nitrogens with one attached hydrogen (secondary N) is 1. The average molecular weight is 386 g/mol. The van der Waals surface area contributed by atoms with E-state index < -0.39 is 0 Å². The third-order valence-corrected chi connectivity index (χ3v) is 5.00. The summed E-state index contributed by atoms with van der Waals surface area (Å²) in [4.78, 5) is 29.0. The molecular weight excluding hydrogens is 372 g/mol. The maximum atomic E-state index is 12.0. The molecule has 0 spiro atoms. The molecule has 0 aliphatic heterocycles. The van der Waals surface area contributed by atoms with Crippen molar-refractivity contribution in [3.63, 3.8) is 0 Å². The maximum Gasteiger partial charge on any atom is 0.258 e. The average Bonchev–Trinajstić information content (AvgIpc) is 3.10. The number of thioether (sulfide) groups is 1. The SMILES string of the molecule is N#CCOc1ccc(NC(=O)CSCc2cc(=O)n3ccsc3n2)cc1. The van der Waals surface area contributed by atoms with Gasteiger partial charge in [-0.25, -0.2) is 4.98 Å². The summed E-state index contributed by atoms with van der Waals surface area (Å²) in [5.41, 5.74) is 1.19. The van der Waals surface area contributed by atoms with Gasteiger partial charge < -0.3 is 10.1 Å². The highest BCUT2D eigenvalue weighted by Crippen LogP contribution is 2.17. The van der Waals surface area contributed by atoms with E-state index in [0.29, 0.717) is 27.8 Å². The Bertz CT molecular complexity index is 1010. The van der Waals surface area contributed by atoms with E-state index in [4.69, 9.17) is 10.00 Å². The van der Waals surface area contributed by atoms with Gasteiger partial charge in [-0.05, 0) is 24.3 Å². The smallest absolute Gasteiger partial charge is 0.258 e. The van der Waals surface area contributed by atoms with Crippen LogP contribution in [0.15, 0.2) is 46.7 Å². The number of nitrogens with zero attached hydrogens (tertiary/aromatic N) is 3. The minimum atomic E-state index is -0.144. The number of carbonyl (C=O) groups excluding carboxylic acids is 1. The van der Waals surface area contributed by atoms with E-state index in [1.165, 1.54) is 33.6 Å². The summed E-state index contributed by atoms with van der Waals surface area (Å²) in [6.45, 7) is -0.0166. The molecule has 3 rings (SSSR count). The molecule has 0 aliphatic rings. The summed E-state index contributed by atoms with van der Waals surface area (Å²) in [6.07, 6.45) is 1.69. The zero-order valence-corrected chi connectivity index (χ0v) is 15.2. The number of fused-ring (bicyclic) bond motifs is 1. The minimum Gasteiger partial charge on any atom is -0.479 e. The van der Waals surface area contributed by atoms with E-state index in [0.717, 1.165) is 0 Å². The molecule has 9 heteroatoms. The number of anilines is 1. The Morgan fingerprint density at radius 1 is 1.38 bits per heavy atom. The summed E-state index contributed by atoms with van der Waals surface area (Å²) in [5.74, 6) is 1.16. The van der Waals surface area contributed by atoms with Crippen molar-refractivity contribution in [2.45, 2.75) is 5.75 Å². The van der Waals surface area contributed by atoms with Gasteiger partial charge >= 0.3 is 0 Å². The summed E-state index contributed by atoms with van der Waals surface area (Å²) >= 11 is 2.79. The van der Waals surface area contributed by atoms with Gasteiger partial charge in [-0.1, -0.05) is 0 Å². The van der Waals surface area contributed by atoms with Crippen LogP contribution in [-0.4, -0.2) is 27.7 Å². The number of aromatic nitrogens is 2. The lowest BCUT2D eigenvalue weighted by atomic mass is 10.3. The van der Waals surface area contributed by atoms with E-state index in [1.54, 1.807) is 30.5 Å². The summed E-state index contributed by atoms with van der Waals surface area (Å²) in [6, 6.07) is 10.2. The zero-order chi connectivity index (χ0) is 18.4.